The lowest BCUT2D eigenvalue weighted by atomic mass is 10.1. The molecule has 0 aliphatic carbocycles. The smallest absolute Gasteiger partial charge is 0.390 e. The van der Waals surface area contributed by atoms with Crippen LogP contribution in [0.1, 0.15) is 12.0 Å². The van der Waals surface area contributed by atoms with Crippen molar-refractivity contribution >= 4 is 29.3 Å². The van der Waals surface area contributed by atoms with Crippen LogP contribution in [0.5, 0.6) is 0 Å². The van der Waals surface area contributed by atoms with Crippen molar-refractivity contribution in [3.63, 3.8) is 0 Å². The number of aliphatic carboxylic acids is 1. The molecular formula is C13H13ClF3NO2. The molecule has 1 aromatic carbocycles. The molecule has 7 heteroatoms. The molecule has 20 heavy (non-hydrogen) atoms. The van der Waals surface area contributed by atoms with Gasteiger partial charge in [0.05, 0.1) is 6.42 Å². The van der Waals surface area contributed by atoms with Crippen molar-refractivity contribution in [2.75, 3.05) is 18.5 Å². The average molecular weight is 308 g/mol. The van der Waals surface area contributed by atoms with E-state index in [1.807, 2.05) is 0 Å². The molecule has 0 heterocycles. The Morgan fingerprint density at radius 1 is 1.45 bits per heavy atom. The van der Waals surface area contributed by atoms with Crippen molar-refractivity contribution in [2.24, 2.45) is 0 Å². The molecular weight excluding hydrogens is 295 g/mol. The largest absolute Gasteiger partial charge is 0.478 e. The summed E-state index contributed by atoms with van der Waals surface area (Å²) in [5, 5.41) is 8.98. The van der Waals surface area contributed by atoms with Crippen molar-refractivity contribution in [1.82, 2.24) is 0 Å². The normalized spacial score (nSPS) is 11.8. The summed E-state index contributed by atoms with van der Waals surface area (Å²) >= 11 is 5.81. The van der Waals surface area contributed by atoms with Crippen molar-refractivity contribution in [3.8, 4) is 0 Å². The molecule has 0 aliphatic heterocycles. The molecule has 0 atom stereocenters. The van der Waals surface area contributed by atoms with Gasteiger partial charge < -0.3 is 10.0 Å². The number of carboxylic acids is 1. The highest BCUT2D eigenvalue weighted by atomic mass is 35.5. The van der Waals surface area contributed by atoms with Crippen LogP contribution < -0.4 is 4.90 Å². The Labute approximate surface area is 119 Å². The minimum absolute atomic E-state index is 0.223. The van der Waals surface area contributed by atoms with Crippen LogP contribution in [0.15, 0.2) is 24.3 Å². The summed E-state index contributed by atoms with van der Waals surface area (Å²) in [4.78, 5) is 11.9. The van der Waals surface area contributed by atoms with E-state index in [9.17, 15) is 18.0 Å². The predicted molar refractivity (Wildman–Crippen MR) is 72.1 cm³/mol. The fourth-order valence-corrected chi connectivity index (χ4v) is 1.76. The lowest BCUT2D eigenvalue weighted by Gasteiger charge is -2.22. The molecule has 0 aromatic heterocycles. The lowest BCUT2D eigenvalue weighted by molar-refractivity contribution is -0.132. The summed E-state index contributed by atoms with van der Waals surface area (Å²) < 4.78 is 36.6. The molecule has 0 bridgehead atoms. The van der Waals surface area contributed by atoms with Gasteiger partial charge in [0.25, 0.3) is 0 Å². The van der Waals surface area contributed by atoms with Gasteiger partial charge in [-0.3, -0.25) is 0 Å². The van der Waals surface area contributed by atoms with Gasteiger partial charge in [0, 0.05) is 30.4 Å². The summed E-state index contributed by atoms with van der Waals surface area (Å²) in [5.41, 5.74) is 0.931. The van der Waals surface area contributed by atoms with E-state index in [1.54, 1.807) is 12.1 Å². The molecule has 1 rings (SSSR count). The first-order valence-corrected chi connectivity index (χ1v) is 6.05. The van der Waals surface area contributed by atoms with Gasteiger partial charge in [-0.25, -0.2) is 4.79 Å². The standard InChI is InChI=1S/C13H13ClF3NO2/c1-18(7-6-13(15,16)17)11-4-3-10(14)8-9(11)2-5-12(19)20/h2-5,8H,6-7H2,1H3,(H,19,20)/b5-2+. The second-order valence-electron chi connectivity index (χ2n) is 4.16. The molecule has 1 N–H and O–H groups in total. The van der Waals surface area contributed by atoms with E-state index < -0.39 is 18.6 Å². The van der Waals surface area contributed by atoms with Gasteiger partial charge in [0.2, 0.25) is 0 Å². The van der Waals surface area contributed by atoms with E-state index in [0.29, 0.717) is 16.3 Å². The van der Waals surface area contributed by atoms with Crippen LogP contribution in [0.3, 0.4) is 0 Å². The van der Waals surface area contributed by atoms with E-state index >= 15 is 0 Å². The molecule has 3 nitrogen and oxygen atoms in total. The lowest BCUT2D eigenvalue weighted by Crippen LogP contribution is -2.24. The quantitative estimate of drug-likeness (QED) is 0.841. The molecule has 0 aliphatic rings. The van der Waals surface area contributed by atoms with Gasteiger partial charge in [-0.1, -0.05) is 11.6 Å². The van der Waals surface area contributed by atoms with Crippen molar-refractivity contribution < 1.29 is 23.1 Å². The van der Waals surface area contributed by atoms with Gasteiger partial charge in [-0.2, -0.15) is 13.2 Å². The maximum atomic E-state index is 12.2. The third-order valence-electron chi connectivity index (χ3n) is 2.54. The third-order valence-corrected chi connectivity index (χ3v) is 2.77. The second kappa shape index (κ2) is 6.65. The number of benzene rings is 1. The highest BCUT2D eigenvalue weighted by Gasteiger charge is 2.27. The number of carboxylic acid groups (broad SMARTS) is 1. The molecule has 0 amide bonds. The zero-order valence-corrected chi connectivity index (χ0v) is 11.4. The third kappa shape index (κ3) is 5.52. The predicted octanol–water partition coefficient (Wildman–Crippen LogP) is 3.83. The van der Waals surface area contributed by atoms with Crippen molar-refractivity contribution in [2.45, 2.75) is 12.6 Å². The Balaban J connectivity index is 2.95. The fraction of sp³-hybridized carbons (Fsp3) is 0.308. The Hall–Kier alpha value is -1.69. The first-order chi connectivity index (χ1) is 9.19. The molecule has 110 valence electrons. The monoisotopic (exact) mass is 307 g/mol. The maximum absolute atomic E-state index is 12.2. The first kappa shape index (κ1) is 16.4. The van der Waals surface area contributed by atoms with Crippen LogP contribution in [0.25, 0.3) is 6.08 Å². The number of halogens is 4. The SMILES string of the molecule is CN(CCC(F)(F)F)c1ccc(Cl)cc1/C=C/C(=O)O. The van der Waals surface area contributed by atoms with E-state index in [-0.39, 0.29) is 6.54 Å². The van der Waals surface area contributed by atoms with Gasteiger partial charge in [0.15, 0.2) is 0 Å². The summed E-state index contributed by atoms with van der Waals surface area (Å²) in [6, 6.07) is 4.60. The summed E-state index contributed by atoms with van der Waals surface area (Å²) in [5.74, 6) is -1.14. The number of carbonyl (C=O) groups is 1. The first-order valence-electron chi connectivity index (χ1n) is 5.67. The van der Waals surface area contributed by atoms with Gasteiger partial charge >= 0.3 is 12.1 Å². The fourth-order valence-electron chi connectivity index (χ4n) is 1.58. The Bertz CT molecular complexity index is 515. The van der Waals surface area contributed by atoms with Crippen LogP contribution in [-0.2, 0) is 4.79 Å². The number of hydrogen-bond acceptors (Lipinski definition) is 2. The summed E-state index contributed by atoms with van der Waals surface area (Å²) in [6.07, 6.45) is -2.98. The van der Waals surface area contributed by atoms with E-state index in [1.165, 1.54) is 24.1 Å². The number of nitrogens with zero attached hydrogens (tertiary/aromatic N) is 1. The number of hydrogen-bond donors (Lipinski definition) is 1. The van der Waals surface area contributed by atoms with Gasteiger partial charge in [-0.05, 0) is 29.8 Å². The highest BCUT2D eigenvalue weighted by Crippen LogP contribution is 2.27. The molecule has 0 saturated heterocycles. The van der Waals surface area contributed by atoms with Crippen LogP contribution in [0, 0.1) is 0 Å². The van der Waals surface area contributed by atoms with E-state index in [0.717, 1.165) is 6.08 Å². The highest BCUT2D eigenvalue weighted by molar-refractivity contribution is 6.30. The minimum Gasteiger partial charge on any atom is -0.478 e. The van der Waals surface area contributed by atoms with Crippen molar-refractivity contribution in [1.29, 1.82) is 0 Å². The number of alkyl halides is 3. The van der Waals surface area contributed by atoms with E-state index in [4.69, 9.17) is 16.7 Å². The molecule has 0 radical (unpaired) electrons. The zero-order valence-electron chi connectivity index (χ0n) is 10.6. The van der Waals surface area contributed by atoms with Crippen LogP contribution in [-0.4, -0.2) is 30.8 Å². The molecule has 0 spiro atoms. The van der Waals surface area contributed by atoms with Crippen LogP contribution in [0.4, 0.5) is 18.9 Å². The Morgan fingerprint density at radius 3 is 2.65 bits per heavy atom. The summed E-state index contributed by atoms with van der Waals surface area (Å²) in [6.45, 7) is -0.223. The maximum Gasteiger partial charge on any atom is 0.390 e. The van der Waals surface area contributed by atoms with Crippen LogP contribution in [0.2, 0.25) is 5.02 Å². The molecule has 0 unspecified atom stereocenters. The number of rotatable bonds is 5. The Kier molecular flexibility index (Phi) is 5.44. The molecule has 0 fully saturated rings. The molecule has 0 saturated carbocycles. The number of anilines is 1. The summed E-state index contributed by atoms with van der Waals surface area (Å²) in [7, 11) is 1.51. The minimum atomic E-state index is -4.24. The zero-order chi connectivity index (χ0) is 15.3. The second-order valence-corrected chi connectivity index (χ2v) is 4.60. The van der Waals surface area contributed by atoms with Crippen molar-refractivity contribution in [3.05, 3.63) is 34.9 Å². The van der Waals surface area contributed by atoms with Gasteiger partial charge in [-0.15, -0.1) is 0 Å². The topological polar surface area (TPSA) is 40.5 Å². The van der Waals surface area contributed by atoms with Gasteiger partial charge in [0.1, 0.15) is 0 Å². The molecule has 1 aromatic rings. The Morgan fingerprint density at radius 2 is 2.10 bits per heavy atom. The van der Waals surface area contributed by atoms with E-state index in [2.05, 4.69) is 0 Å². The average Bonchev–Trinajstić information content (AvgIpc) is 2.32. The van der Waals surface area contributed by atoms with Crippen LogP contribution >= 0.6 is 11.6 Å².